The van der Waals surface area contributed by atoms with Gasteiger partial charge in [-0.15, -0.1) is 0 Å². The Labute approximate surface area is 174 Å². The van der Waals surface area contributed by atoms with Crippen LogP contribution in [0.25, 0.3) is 22.5 Å². The number of benzene rings is 2. The van der Waals surface area contributed by atoms with E-state index >= 15 is 0 Å². The molecule has 0 radical (unpaired) electrons. The maximum absolute atomic E-state index is 13.3. The molecule has 2 heterocycles. The van der Waals surface area contributed by atoms with Crippen molar-refractivity contribution < 1.29 is 0 Å². The van der Waals surface area contributed by atoms with E-state index in [1.807, 2.05) is 77.9 Å². The topological polar surface area (TPSA) is 75.6 Å². The Morgan fingerprint density at radius 1 is 0.567 bits per heavy atom. The summed E-state index contributed by atoms with van der Waals surface area (Å²) in [5.74, 6) is 0. The summed E-state index contributed by atoms with van der Waals surface area (Å²) < 4.78 is 3.01. The Balaban J connectivity index is 1.90. The normalized spacial score (nSPS) is 11.3. The molecule has 0 amide bonds. The highest BCUT2D eigenvalue weighted by Gasteiger charge is 2.22. The third-order valence-corrected chi connectivity index (χ3v) is 5.89. The Morgan fingerprint density at radius 2 is 0.933 bits per heavy atom. The van der Waals surface area contributed by atoms with Crippen LogP contribution in [-0.2, 0) is 0 Å². The lowest BCUT2D eigenvalue weighted by atomic mass is 10.1. The Morgan fingerprint density at radius 3 is 1.27 bits per heavy atom. The van der Waals surface area contributed by atoms with Gasteiger partial charge in [-0.3, -0.25) is 19.8 Å². The molecule has 30 heavy (non-hydrogen) atoms. The van der Waals surface area contributed by atoms with Crippen molar-refractivity contribution in [2.45, 2.75) is 41.5 Å². The van der Waals surface area contributed by atoms with Crippen molar-refractivity contribution in [3.63, 3.8) is 0 Å². The van der Waals surface area contributed by atoms with Crippen LogP contribution in [0.2, 0.25) is 0 Å². The van der Waals surface area contributed by atoms with E-state index in [9.17, 15) is 9.59 Å². The number of aromatic nitrogens is 4. The third kappa shape index (κ3) is 3.05. The smallest absolute Gasteiger partial charge is 0.279 e. The van der Waals surface area contributed by atoms with Gasteiger partial charge in [0, 0.05) is 11.4 Å². The van der Waals surface area contributed by atoms with Crippen LogP contribution in [-0.4, -0.2) is 19.6 Å². The molecule has 4 aromatic rings. The molecule has 0 saturated carbocycles. The zero-order valence-corrected chi connectivity index (χ0v) is 18.2. The molecule has 154 valence electrons. The highest BCUT2D eigenvalue weighted by atomic mass is 16.1. The van der Waals surface area contributed by atoms with E-state index in [-0.39, 0.29) is 11.1 Å². The van der Waals surface area contributed by atoms with Gasteiger partial charge in [-0.1, -0.05) is 12.1 Å². The van der Waals surface area contributed by atoms with Crippen molar-refractivity contribution >= 4 is 0 Å². The van der Waals surface area contributed by atoms with Crippen molar-refractivity contribution in [3.8, 4) is 22.5 Å². The molecule has 2 aromatic carbocycles. The molecule has 0 aliphatic heterocycles. The summed E-state index contributed by atoms with van der Waals surface area (Å²) in [5.41, 5.74) is 7.66. The van der Waals surface area contributed by atoms with E-state index in [2.05, 4.69) is 10.2 Å². The van der Waals surface area contributed by atoms with E-state index in [0.717, 1.165) is 33.6 Å². The van der Waals surface area contributed by atoms with Gasteiger partial charge in [-0.2, -0.15) is 0 Å². The van der Waals surface area contributed by atoms with Crippen molar-refractivity contribution in [1.29, 1.82) is 0 Å². The number of aromatic amines is 2. The summed E-state index contributed by atoms with van der Waals surface area (Å²) in [6.45, 7) is 11.7. The van der Waals surface area contributed by atoms with Gasteiger partial charge in [-0.25, -0.2) is 9.36 Å². The molecule has 6 heteroatoms. The summed E-state index contributed by atoms with van der Waals surface area (Å²) in [5, 5.41) is 6.27. The number of hydrogen-bond donors (Lipinski definition) is 2. The summed E-state index contributed by atoms with van der Waals surface area (Å²) in [7, 11) is 0. The second-order valence-electron chi connectivity index (χ2n) is 8.04. The quantitative estimate of drug-likeness (QED) is 0.540. The van der Waals surface area contributed by atoms with Gasteiger partial charge >= 0.3 is 0 Å². The molecule has 0 spiro atoms. The van der Waals surface area contributed by atoms with Crippen LogP contribution < -0.4 is 11.1 Å². The van der Waals surface area contributed by atoms with Crippen LogP contribution in [0.4, 0.5) is 0 Å². The van der Waals surface area contributed by atoms with E-state index in [1.54, 1.807) is 0 Å². The summed E-state index contributed by atoms with van der Waals surface area (Å²) >= 11 is 0. The number of aryl methyl sites for hydroxylation is 6. The summed E-state index contributed by atoms with van der Waals surface area (Å²) in [6, 6.07) is 11.7. The molecular weight excluding hydrogens is 376 g/mol. The standard InChI is InChI=1S/C24H26N4O2/c1-13-7-9-19(11-15(13)3)27-23(29)21(17(5)25-27)22-18(6)26-28(24(22)30)20-10-8-14(2)16(4)12-20/h7-12,25-26H,1-6H3. The fourth-order valence-corrected chi connectivity index (χ4v) is 3.78. The molecule has 0 aliphatic carbocycles. The lowest BCUT2D eigenvalue weighted by Gasteiger charge is -2.05. The van der Waals surface area contributed by atoms with Gasteiger partial charge in [0.15, 0.2) is 0 Å². The SMILES string of the molecule is Cc1ccc(-n2[nH]c(C)c(-c3c(C)[nH]n(-c4ccc(C)c(C)c4)c3=O)c2=O)cc1C. The Hall–Kier alpha value is -3.54. The number of hydrogen-bond acceptors (Lipinski definition) is 2. The molecule has 0 atom stereocenters. The average molecular weight is 402 g/mol. The molecule has 0 aliphatic rings. The number of nitrogens with one attached hydrogen (secondary N) is 2. The number of rotatable bonds is 3. The van der Waals surface area contributed by atoms with Gasteiger partial charge in [-0.05, 0) is 88.1 Å². The molecule has 0 fully saturated rings. The first-order valence-electron chi connectivity index (χ1n) is 9.98. The molecule has 2 aromatic heterocycles. The maximum Gasteiger partial charge on any atom is 0.279 e. The Bertz CT molecular complexity index is 1290. The number of H-pyrrole nitrogens is 2. The van der Waals surface area contributed by atoms with Gasteiger partial charge < -0.3 is 0 Å². The van der Waals surface area contributed by atoms with Crippen LogP contribution in [0.15, 0.2) is 46.0 Å². The van der Waals surface area contributed by atoms with Crippen molar-refractivity contribution in [2.75, 3.05) is 0 Å². The summed E-state index contributed by atoms with van der Waals surface area (Å²) in [4.78, 5) is 26.6. The first kappa shape index (κ1) is 19.8. The average Bonchev–Trinajstić information content (AvgIpc) is 3.15. The molecule has 0 bridgehead atoms. The minimum Gasteiger partial charge on any atom is -0.295 e. The van der Waals surface area contributed by atoms with Gasteiger partial charge in [0.1, 0.15) is 0 Å². The molecule has 2 N–H and O–H groups in total. The van der Waals surface area contributed by atoms with Crippen molar-refractivity contribution in [3.05, 3.63) is 90.7 Å². The van der Waals surface area contributed by atoms with Gasteiger partial charge in [0.25, 0.3) is 11.1 Å². The monoisotopic (exact) mass is 402 g/mol. The first-order valence-corrected chi connectivity index (χ1v) is 9.98. The van der Waals surface area contributed by atoms with E-state index in [4.69, 9.17) is 0 Å². The van der Waals surface area contributed by atoms with Crippen LogP contribution in [0.1, 0.15) is 33.6 Å². The van der Waals surface area contributed by atoms with Crippen molar-refractivity contribution in [2.24, 2.45) is 0 Å². The molecular formula is C24H26N4O2. The van der Waals surface area contributed by atoms with Crippen LogP contribution >= 0.6 is 0 Å². The molecule has 0 saturated heterocycles. The fourth-order valence-electron chi connectivity index (χ4n) is 3.78. The highest BCUT2D eigenvalue weighted by molar-refractivity contribution is 5.68. The fraction of sp³-hybridized carbons (Fsp3) is 0.250. The lowest BCUT2D eigenvalue weighted by molar-refractivity contribution is 0.833. The van der Waals surface area contributed by atoms with Crippen LogP contribution in [0, 0.1) is 41.5 Å². The molecule has 0 unspecified atom stereocenters. The minimum atomic E-state index is -0.234. The van der Waals surface area contributed by atoms with Crippen molar-refractivity contribution in [1.82, 2.24) is 19.6 Å². The molecule has 6 nitrogen and oxygen atoms in total. The number of nitrogens with zero attached hydrogens (tertiary/aromatic N) is 2. The zero-order valence-electron chi connectivity index (χ0n) is 18.2. The molecule has 4 rings (SSSR count). The maximum atomic E-state index is 13.3. The third-order valence-electron chi connectivity index (χ3n) is 5.89. The predicted octanol–water partition coefficient (Wildman–Crippen LogP) is 4.16. The first-order chi connectivity index (χ1) is 14.2. The van der Waals surface area contributed by atoms with Crippen LogP contribution in [0.3, 0.4) is 0 Å². The van der Waals surface area contributed by atoms with E-state index in [1.165, 1.54) is 9.36 Å². The highest BCUT2D eigenvalue weighted by Crippen LogP contribution is 2.22. The minimum absolute atomic E-state index is 0.234. The van der Waals surface area contributed by atoms with E-state index < -0.39 is 0 Å². The second kappa shape index (κ2) is 7.06. The van der Waals surface area contributed by atoms with Gasteiger partial charge in [0.2, 0.25) is 0 Å². The van der Waals surface area contributed by atoms with E-state index in [0.29, 0.717) is 22.5 Å². The second-order valence-corrected chi connectivity index (χ2v) is 8.04. The lowest BCUT2D eigenvalue weighted by Crippen LogP contribution is -2.20. The van der Waals surface area contributed by atoms with Gasteiger partial charge in [0.05, 0.1) is 22.5 Å². The zero-order chi connectivity index (χ0) is 21.7. The largest absolute Gasteiger partial charge is 0.295 e. The Kier molecular flexibility index (Phi) is 4.65. The summed E-state index contributed by atoms with van der Waals surface area (Å²) in [6.07, 6.45) is 0. The predicted molar refractivity (Wildman–Crippen MR) is 120 cm³/mol. The van der Waals surface area contributed by atoms with Crippen LogP contribution in [0.5, 0.6) is 0 Å².